The number of fused-ring (bicyclic) bond motifs is 1. The quantitative estimate of drug-likeness (QED) is 0.400. The first-order chi connectivity index (χ1) is 12.2. The number of guanidine groups is 1. The summed E-state index contributed by atoms with van der Waals surface area (Å²) in [6.45, 7) is 5.85. The molecule has 0 amide bonds. The molecule has 0 saturated heterocycles. The predicted octanol–water partition coefficient (Wildman–Crippen LogP) is 3.56. The molecule has 6 nitrogen and oxygen atoms in total. The number of rotatable bonds is 4. The highest BCUT2D eigenvalue weighted by molar-refractivity contribution is 14.0. The first-order valence-electron chi connectivity index (χ1n) is 10.2. The van der Waals surface area contributed by atoms with Gasteiger partial charge in [0.15, 0.2) is 5.96 Å². The van der Waals surface area contributed by atoms with Crippen molar-refractivity contribution in [2.75, 3.05) is 6.54 Å². The van der Waals surface area contributed by atoms with Crippen molar-refractivity contribution in [1.82, 2.24) is 25.4 Å². The average molecular weight is 472 g/mol. The standard InChI is InChI=1S/C19H32N6.HI/c1-3-20-19(23-17-12-15(17)14-8-5-4-6-9-14)22-16-10-7-11-25-18(16)21-13(2)24-25;/h14-17H,3-12H2,1-2H3,(H2,20,22,23);1H. The second-order valence-electron chi connectivity index (χ2n) is 7.95. The second kappa shape index (κ2) is 8.89. The van der Waals surface area contributed by atoms with Gasteiger partial charge in [0.25, 0.3) is 0 Å². The third-order valence-electron chi connectivity index (χ3n) is 6.03. The summed E-state index contributed by atoms with van der Waals surface area (Å²) in [6, 6.07) is 0.837. The van der Waals surface area contributed by atoms with Crippen LogP contribution in [0.25, 0.3) is 0 Å². The van der Waals surface area contributed by atoms with Gasteiger partial charge >= 0.3 is 0 Å². The van der Waals surface area contributed by atoms with E-state index in [9.17, 15) is 0 Å². The first kappa shape index (κ1) is 19.9. The summed E-state index contributed by atoms with van der Waals surface area (Å²) in [5.41, 5.74) is 0. The molecule has 146 valence electrons. The minimum absolute atomic E-state index is 0. The van der Waals surface area contributed by atoms with Crippen LogP contribution in [0.4, 0.5) is 0 Å². The first-order valence-corrected chi connectivity index (χ1v) is 10.2. The fourth-order valence-corrected chi connectivity index (χ4v) is 4.70. The minimum Gasteiger partial charge on any atom is -0.353 e. The number of aromatic nitrogens is 3. The lowest BCUT2D eigenvalue weighted by atomic mass is 9.85. The lowest BCUT2D eigenvalue weighted by molar-refractivity contribution is 0.315. The van der Waals surface area contributed by atoms with Crippen molar-refractivity contribution < 1.29 is 0 Å². The number of aryl methyl sites for hydroxylation is 2. The molecule has 2 aliphatic carbocycles. The van der Waals surface area contributed by atoms with Crippen LogP contribution in [0.1, 0.15) is 76.0 Å². The second-order valence-corrected chi connectivity index (χ2v) is 7.95. The summed E-state index contributed by atoms with van der Waals surface area (Å²) in [5, 5.41) is 11.8. The van der Waals surface area contributed by atoms with Crippen molar-refractivity contribution in [1.29, 1.82) is 0 Å². The number of hydrogen-bond donors (Lipinski definition) is 2. The number of aliphatic imine (C=N–C) groups is 1. The lowest BCUT2D eigenvalue weighted by Gasteiger charge is -2.26. The highest BCUT2D eigenvalue weighted by Gasteiger charge is 2.43. The van der Waals surface area contributed by atoms with Crippen LogP contribution in [0.3, 0.4) is 0 Å². The van der Waals surface area contributed by atoms with E-state index in [0.29, 0.717) is 6.04 Å². The Morgan fingerprint density at radius 3 is 2.73 bits per heavy atom. The van der Waals surface area contributed by atoms with E-state index >= 15 is 0 Å². The molecule has 0 spiro atoms. The Kier molecular flexibility index (Phi) is 6.80. The van der Waals surface area contributed by atoms with E-state index in [0.717, 1.165) is 55.4 Å². The smallest absolute Gasteiger partial charge is 0.192 e. The zero-order valence-corrected chi connectivity index (χ0v) is 18.4. The number of hydrogen-bond acceptors (Lipinski definition) is 3. The molecule has 0 aromatic carbocycles. The van der Waals surface area contributed by atoms with Crippen molar-refractivity contribution in [3.63, 3.8) is 0 Å². The zero-order chi connectivity index (χ0) is 17.2. The molecule has 2 N–H and O–H groups in total. The van der Waals surface area contributed by atoms with Crippen LogP contribution in [0.5, 0.6) is 0 Å². The number of nitrogens with zero attached hydrogens (tertiary/aromatic N) is 4. The lowest BCUT2D eigenvalue weighted by Crippen LogP contribution is -2.43. The van der Waals surface area contributed by atoms with Gasteiger partial charge < -0.3 is 10.6 Å². The van der Waals surface area contributed by atoms with E-state index in [2.05, 4.69) is 32.3 Å². The van der Waals surface area contributed by atoms with Gasteiger partial charge in [-0.25, -0.2) is 9.67 Å². The third kappa shape index (κ3) is 4.51. The maximum absolute atomic E-state index is 4.69. The Hall–Kier alpha value is -0.860. The van der Waals surface area contributed by atoms with Gasteiger partial charge in [-0.05, 0) is 44.9 Å². The van der Waals surface area contributed by atoms with Crippen molar-refractivity contribution in [2.24, 2.45) is 16.8 Å². The Balaban J connectivity index is 0.00000196. The molecular formula is C19H33IN6. The predicted molar refractivity (Wildman–Crippen MR) is 115 cm³/mol. The van der Waals surface area contributed by atoms with E-state index in [4.69, 9.17) is 4.99 Å². The fraction of sp³-hybridized carbons (Fsp3) is 0.842. The summed E-state index contributed by atoms with van der Waals surface area (Å²) in [7, 11) is 0. The largest absolute Gasteiger partial charge is 0.353 e. The molecule has 1 aromatic rings. The fourth-order valence-electron chi connectivity index (χ4n) is 4.70. The Morgan fingerprint density at radius 2 is 1.96 bits per heavy atom. The zero-order valence-electron chi connectivity index (χ0n) is 16.1. The Bertz CT molecular complexity index is 622. The van der Waals surface area contributed by atoms with Gasteiger partial charge in [-0.2, -0.15) is 5.10 Å². The van der Waals surface area contributed by atoms with Crippen molar-refractivity contribution >= 4 is 29.9 Å². The number of halogens is 1. The van der Waals surface area contributed by atoms with Crippen LogP contribution in [0.15, 0.2) is 4.99 Å². The maximum atomic E-state index is 4.69. The van der Waals surface area contributed by atoms with Gasteiger partial charge in [0, 0.05) is 19.1 Å². The minimum atomic E-state index is 0. The molecule has 7 heteroatoms. The molecule has 3 unspecified atom stereocenters. The molecule has 0 bridgehead atoms. The normalized spacial score (nSPS) is 28.8. The highest BCUT2D eigenvalue weighted by atomic mass is 127. The van der Waals surface area contributed by atoms with Crippen molar-refractivity contribution in [3.05, 3.63) is 11.6 Å². The van der Waals surface area contributed by atoms with Crippen LogP contribution in [0, 0.1) is 18.8 Å². The number of nitrogens with one attached hydrogen (secondary N) is 2. The van der Waals surface area contributed by atoms with E-state index in [1.165, 1.54) is 38.5 Å². The maximum Gasteiger partial charge on any atom is 0.192 e. The van der Waals surface area contributed by atoms with Crippen molar-refractivity contribution in [3.8, 4) is 0 Å². The van der Waals surface area contributed by atoms with Gasteiger partial charge in [0.05, 0.1) is 6.04 Å². The molecule has 1 aliphatic heterocycles. The summed E-state index contributed by atoms with van der Waals surface area (Å²) in [4.78, 5) is 9.33. The van der Waals surface area contributed by atoms with Gasteiger partial charge in [-0.3, -0.25) is 4.99 Å². The van der Waals surface area contributed by atoms with Crippen LogP contribution in [-0.2, 0) is 6.54 Å². The van der Waals surface area contributed by atoms with Crippen molar-refractivity contribution in [2.45, 2.75) is 83.8 Å². The molecule has 0 radical (unpaired) electrons. The molecule has 1 aromatic heterocycles. The summed E-state index contributed by atoms with van der Waals surface area (Å²) < 4.78 is 2.06. The molecule has 26 heavy (non-hydrogen) atoms. The van der Waals surface area contributed by atoms with Gasteiger partial charge in [0.2, 0.25) is 0 Å². The molecule has 3 atom stereocenters. The Morgan fingerprint density at radius 1 is 1.15 bits per heavy atom. The summed E-state index contributed by atoms with van der Waals surface area (Å²) >= 11 is 0. The molecular weight excluding hydrogens is 439 g/mol. The van der Waals surface area contributed by atoms with Crippen LogP contribution >= 0.6 is 24.0 Å². The molecule has 4 rings (SSSR count). The summed E-state index contributed by atoms with van der Waals surface area (Å²) in [6.07, 6.45) is 10.7. The molecule has 3 aliphatic rings. The Labute approximate surface area is 174 Å². The van der Waals surface area contributed by atoms with Gasteiger partial charge in [-0.1, -0.05) is 32.1 Å². The van der Waals surface area contributed by atoms with Crippen LogP contribution in [0.2, 0.25) is 0 Å². The van der Waals surface area contributed by atoms with E-state index in [1.54, 1.807) is 0 Å². The van der Waals surface area contributed by atoms with E-state index in [-0.39, 0.29) is 30.0 Å². The third-order valence-corrected chi connectivity index (χ3v) is 6.03. The SMILES string of the molecule is CCN=C(NC1CCCn2nc(C)nc21)NC1CC1C1CCCCC1.I. The topological polar surface area (TPSA) is 67.1 Å². The van der Waals surface area contributed by atoms with Crippen LogP contribution < -0.4 is 10.6 Å². The van der Waals surface area contributed by atoms with E-state index < -0.39 is 0 Å². The molecule has 2 heterocycles. The monoisotopic (exact) mass is 472 g/mol. The molecule has 2 saturated carbocycles. The van der Waals surface area contributed by atoms with E-state index in [1.807, 2.05) is 6.92 Å². The van der Waals surface area contributed by atoms with Crippen LogP contribution in [-0.4, -0.2) is 33.3 Å². The average Bonchev–Trinajstić information content (AvgIpc) is 3.27. The summed E-state index contributed by atoms with van der Waals surface area (Å²) in [5.74, 6) is 4.69. The van der Waals surface area contributed by atoms with Gasteiger partial charge in [0.1, 0.15) is 11.6 Å². The van der Waals surface area contributed by atoms with Gasteiger partial charge in [-0.15, -0.1) is 24.0 Å². The highest BCUT2D eigenvalue weighted by Crippen LogP contribution is 2.44. The molecule has 2 fully saturated rings.